The van der Waals surface area contributed by atoms with E-state index in [-0.39, 0.29) is 11.0 Å². The molecular formula is C16H19IN2O. The lowest BCUT2D eigenvalue weighted by molar-refractivity contribution is -0.102. The van der Waals surface area contributed by atoms with Crippen molar-refractivity contribution in [3.05, 3.63) is 27.6 Å². The van der Waals surface area contributed by atoms with E-state index in [1.807, 2.05) is 6.20 Å². The van der Waals surface area contributed by atoms with Crippen LogP contribution in [0.1, 0.15) is 50.6 Å². The molecule has 0 bridgehead atoms. The number of rotatable bonds is 2. The van der Waals surface area contributed by atoms with Crippen LogP contribution in [0, 0.1) is 14.9 Å². The first-order chi connectivity index (χ1) is 9.68. The molecule has 4 heteroatoms. The standard InChI is InChI=1S/C16H19IN2O/c17-13-3-4-14(19-11-13)15(7-9-18)8-10-20-16(12-15)5-1-2-6-16/h3-4,11H,1-2,5-8,10,12H2. The first-order valence-corrected chi connectivity index (χ1v) is 8.39. The number of pyridine rings is 1. The summed E-state index contributed by atoms with van der Waals surface area (Å²) in [5.74, 6) is 0. The van der Waals surface area contributed by atoms with Gasteiger partial charge in [0.2, 0.25) is 0 Å². The van der Waals surface area contributed by atoms with Gasteiger partial charge >= 0.3 is 0 Å². The molecule has 1 spiro atoms. The zero-order valence-electron chi connectivity index (χ0n) is 11.6. The van der Waals surface area contributed by atoms with Gasteiger partial charge in [-0.25, -0.2) is 0 Å². The van der Waals surface area contributed by atoms with Crippen molar-refractivity contribution in [2.75, 3.05) is 6.61 Å². The van der Waals surface area contributed by atoms with Crippen LogP contribution in [0.2, 0.25) is 0 Å². The number of nitriles is 1. The number of hydrogen-bond donors (Lipinski definition) is 0. The molecule has 20 heavy (non-hydrogen) atoms. The molecule has 2 fully saturated rings. The third kappa shape index (κ3) is 2.58. The highest BCUT2D eigenvalue weighted by Crippen LogP contribution is 2.49. The van der Waals surface area contributed by atoms with Gasteiger partial charge in [-0.3, -0.25) is 4.98 Å². The number of nitrogens with zero attached hydrogens (tertiary/aromatic N) is 2. The molecule has 1 saturated heterocycles. The molecule has 106 valence electrons. The van der Waals surface area contributed by atoms with Crippen molar-refractivity contribution in [3.8, 4) is 6.07 Å². The van der Waals surface area contributed by atoms with Gasteiger partial charge in [0.1, 0.15) is 0 Å². The van der Waals surface area contributed by atoms with E-state index in [0.29, 0.717) is 6.42 Å². The molecule has 1 aromatic heterocycles. The fourth-order valence-corrected chi connectivity index (χ4v) is 4.18. The summed E-state index contributed by atoms with van der Waals surface area (Å²) in [5, 5.41) is 9.31. The average Bonchev–Trinajstić information content (AvgIpc) is 2.87. The SMILES string of the molecule is N#CCC1(c2ccc(I)cn2)CCOC2(CCCC2)C1. The van der Waals surface area contributed by atoms with E-state index < -0.39 is 0 Å². The number of halogens is 1. The van der Waals surface area contributed by atoms with Gasteiger partial charge in [0.15, 0.2) is 0 Å². The minimum atomic E-state index is -0.109. The van der Waals surface area contributed by atoms with Crippen LogP contribution in [0.25, 0.3) is 0 Å². The van der Waals surface area contributed by atoms with Crippen LogP contribution >= 0.6 is 22.6 Å². The third-order valence-corrected chi connectivity index (χ3v) is 5.49. The van der Waals surface area contributed by atoms with Crippen molar-refractivity contribution >= 4 is 22.6 Å². The molecule has 2 aliphatic rings. The van der Waals surface area contributed by atoms with E-state index in [1.54, 1.807) is 0 Å². The topological polar surface area (TPSA) is 45.9 Å². The Labute approximate surface area is 133 Å². The fraction of sp³-hybridized carbons (Fsp3) is 0.625. The summed E-state index contributed by atoms with van der Waals surface area (Å²) in [5.41, 5.74) is 0.982. The zero-order chi connectivity index (χ0) is 14.1. The highest BCUT2D eigenvalue weighted by Gasteiger charge is 2.48. The molecule has 0 amide bonds. The second-order valence-corrected chi connectivity index (χ2v) is 7.39. The van der Waals surface area contributed by atoms with Crippen LogP contribution in [0.15, 0.2) is 18.3 Å². The van der Waals surface area contributed by atoms with Gasteiger partial charge in [0.25, 0.3) is 0 Å². The van der Waals surface area contributed by atoms with Crippen molar-refractivity contribution in [2.45, 2.75) is 56.0 Å². The van der Waals surface area contributed by atoms with Gasteiger partial charge in [-0.1, -0.05) is 12.8 Å². The van der Waals surface area contributed by atoms with Crippen molar-refractivity contribution < 1.29 is 4.74 Å². The summed E-state index contributed by atoms with van der Waals surface area (Å²) in [7, 11) is 0. The van der Waals surface area contributed by atoms with Crippen LogP contribution in [0.4, 0.5) is 0 Å². The molecule has 0 aromatic carbocycles. The van der Waals surface area contributed by atoms with Gasteiger partial charge < -0.3 is 4.74 Å². The maximum Gasteiger partial charge on any atom is 0.0692 e. The Bertz CT molecular complexity index is 516. The molecule has 3 rings (SSSR count). The fourth-order valence-electron chi connectivity index (χ4n) is 3.86. The van der Waals surface area contributed by atoms with Crippen LogP contribution < -0.4 is 0 Å². The van der Waals surface area contributed by atoms with E-state index >= 15 is 0 Å². The van der Waals surface area contributed by atoms with E-state index in [4.69, 9.17) is 4.74 Å². The Morgan fingerprint density at radius 2 is 2.10 bits per heavy atom. The molecule has 3 nitrogen and oxygen atoms in total. The Kier molecular flexibility index (Phi) is 4.00. The first-order valence-electron chi connectivity index (χ1n) is 7.31. The lowest BCUT2D eigenvalue weighted by Crippen LogP contribution is -2.46. The number of ether oxygens (including phenoxy) is 1. The molecule has 1 aliphatic carbocycles. The molecule has 1 unspecified atom stereocenters. The van der Waals surface area contributed by atoms with E-state index in [0.717, 1.165) is 41.6 Å². The highest BCUT2D eigenvalue weighted by atomic mass is 127. The smallest absolute Gasteiger partial charge is 0.0692 e. The molecular weight excluding hydrogens is 363 g/mol. The van der Waals surface area contributed by atoms with Gasteiger partial charge in [-0.2, -0.15) is 5.26 Å². The molecule has 1 atom stereocenters. The summed E-state index contributed by atoms with van der Waals surface area (Å²) >= 11 is 2.27. The lowest BCUT2D eigenvalue weighted by Gasteiger charge is -2.45. The summed E-state index contributed by atoms with van der Waals surface area (Å²) in [6.07, 6.45) is 9.12. The lowest BCUT2D eigenvalue weighted by atomic mass is 9.68. The predicted molar refractivity (Wildman–Crippen MR) is 85.2 cm³/mol. The van der Waals surface area contributed by atoms with E-state index in [2.05, 4.69) is 45.8 Å². The van der Waals surface area contributed by atoms with Crippen molar-refractivity contribution in [1.29, 1.82) is 5.26 Å². The normalized spacial score (nSPS) is 28.4. The monoisotopic (exact) mass is 382 g/mol. The average molecular weight is 382 g/mol. The summed E-state index contributed by atoms with van der Waals surface area (Å²) < 4.78 is 7.27. The van der Waals surface area contributed by atoms with E-state index in [9.17, 15) is 5.26 Å². The van der Waals surface area contributed by atoms with Gasteiger partial charge in [-0.05, 0) is 60.4 Å². The van der Waals surface area contributed by atoms with E-state index in [1.165, 1.54) is 12.8 Å². The largest absolute Gasteiger partial charge is 0.375 e. The number of aromatic nitrogens is 1. The first kappa shape index (κ1) is 14.3. The molecule has 1 aliphatic heterocycles. The van der Waals surface area contributed by atoms with Crippen LogP contribution in [-0.2, 0) is 10.2 Å². The molecule has 0 N–H and O–H groups in total. The Morgan fingerprint density at radius 3 is 2.75 bits per heavy atom. The quantitative estimate of drug-likeness (QED) is 0.728. The molecule has 1 aromatic rings. The highest BCUT2D eigenvalue weighted by molar-refractivity contribution is 14.1. The van der Waals surface area contributed by atoms with Gasteiger partial charge in [0, 0.05) is 33.9 Å². The molecule has 1 saturated carbocycles. The van der Waals surface area contributed by atoms with Crippen molar-refractivity contribution in [3.63, 3.8) is 0 Å². The summed E-state index contributed by atoms with van der Waals surface area (Å²) in [6.45, 7) is 0.759. The van der Waals surface area contributed by atoms with Crippen molar-refractivity contribution in [2.24, 2.45) is 0 Å². The maximum absolute atomic E-state index is 9.31. The maximum atomic E-state index is 9.31. The van der Waals surface area contributed by atoms with Crippen LogP contribution in [-0.4, -0.2) is 17.2 Å². The predicted octanol–water partition coefficient (Wildman–Crippen LogP) is 3.96. The van der Waals surface area contributed by atoms with Crippen molar-refractivity contribution in [1.82, 2.24) is 4.98 Å². The second-order valence-electron chi connectivity index (χ2n) is 6.14. The minimum absolute atomic E-state index is 0.0137. The third-order valence-electron chi connectivity index (χ3n) is 4.85. The summed E-state index contributed by atoms with van der Waals surface area (Å²) in [6, 6.07) is 6.60. The molecule has 0 radical (unpaired) electrons. The molecule has 2 heterocycles. The minimum Gasteiger partial charge on any atom is -0.375 e. The van der Waals surface area contributed by atoms with Gasteiger partial charge in [0.05, 0.1) is 11.7 Å². The number of hydrogen-bond acceptors (Lipinski definition) is 3. The second kappa shape index (κ2) is 5.61. The Hall–Kier alpha value is -0.670. The Morgan fingerprint density at radius 1 is 1.30 bits per heavy atom. The zero-order valence-corrected chi connectivity index (χ0v) is 13.7. The Balaban J connectivity index is 1.95. The van der Waals surface area contributed by atoms with Crippen LogP contribution in [0.5, 0.6) is 0 Å². The van der Waals surface area contributed by atoms with Crippen LogP contribution in [0.3, 0.4) is 0 Å². The van der Waals surface area contributed by atoms with Gasteiger partial charge in [-0.15, -0.1) is 0 Å². The summed E-state index contributed by atoms with van der Waals surface area (Å²) in [4.78, 5) is 4.63.